The molecule has 3 rings (SSSR count). The average Bonchev–Trinajstić information content (AvgIpc) is 2.77. The number of amides is 2. The van der Waals surface area contributed by atoms with Crippen molar-refractivity contribution in [1.82, 2.24) is 0 Å². The second-order valence-electron chi connectivity index (χ2n) is 6.49. The van der Waals surface area contributed by atoms with E-state index in [4.69, 9.17) is 32.7 Å². The first-order chi connectivity index (χ1) is 14.9. The predicted octanol–water partition coefficient (Wildman–Crippen LogP) is 5.05. The lowest BCUT2D eigenvalue weighted by atomic mass is 10.2. The largest absolute Gasteiger partial charge is 0.482 e. The molecule has 0 aliphatic carbocycles. The van der Waals surface area contributed by atoms with E-state index >= 15 is 0 Å². The second-order valence-corrected chi connectivity index (χ2v) is 7.30. The highest BCUT2D eigenvalue weighted by atomic mass is 35.5. The Hall–Kier alpha value is -3.22. The molecule has 1 N–H and O–H groups in total. The van der Waals surface area contributed by atoms with Gasteiger partial charge in [0.2, 0.25) is 0 Å². The Balaban J connectivity index is 1.56. The summed E-state index contributed by atoms with van der Waals surface area (Å²) in [4.78, 5) is 26.1. The van der Waals surface area contributed by atoms with Crippen LogP contribution in [0.3, 0.4) is 0 Å². The van der Waals surface area contributed by atoms with Crippen molar-refractivity contribution in [3.05, 3.63) is 82.8 Å². The monoisotopic (exact) mass is 458 g/mol. The zero-order valence-corrected chi connectivity index (χ0v) is 18.2. The highest BCUT2D eigenvalue weighted by Gasteiger charge is 2.14. The molecule has 3 aromatic carbocycles. The summed E-state index contributed by atoms with van der Waals surface area (Å²) in [6.07, 6.45) is 0. The molecule has 160 valence electrons. The maximum absolute atomic E-state index is 12.5. The molecule has 0 unspecified atom stereocenters. The molecule has 0 heterocycles. The minimum absolute atomic E-state index is 0.178. The molecular weight excluding hydrogens is 439 g/mol. The van der Waals surface area contributed by atoms with E-state index in [9.17, 15) is 9.59 Å². The first kappa shape index (κ1) is 22.5. The second kappa shape index (κ2) is 10.7. The van der Waals surface area contributed by atoms with E-state index in [1.165, 1.54) is 4.90 Å². The molecule has 0 atom stereocenters. The van der Waals surface area contributed by atoms with Gasteiger partial charge in [0, 0.05) is 18.4 Å². The zero-order valence-electron chi connectivity index (χ0n) is 16.7. The fourth-order valence-electron chi connectivity index (χ4n) is 2.64. The summed E-state index contributed by atoms with van der Waals surface area (Å²) in [5.74, 6) is 0.237. The van der Waals surface area contributed by atoms with Crippen molar-refractivity contribution < 1.29 is 19.1 Å². The third-order valence-electron chi connectivity index (χ3n) is 4.27. The van der Waals surface area contributed by atoms with Gasteiger partial charge in [0.25, 0.3) is 11.8 Å². The summed E-state index contributed by atoms with van der Waals surface area (Å²) in [6.45, 7) is -0.378. The van der Waals surface area contributed by atoms with E-state index in [1.54, 1.807) is 79.8 Å². The van der Waals surface area contributed by atoms with Crippen LogP contribution in [0.15, 0.2) is 72.8 Å². The predicted molar refractivity (Wildman–Crippen MR) is 122 cm³/mol. The first-order valence-corrected chi connectivity index (χ1v) is 10.1. The molecule has 0 saturated carbocycles. The standard InChI is InChI=1S/C23H20Cl2N2O4/c1-27(23(29)15-31-21-12-5-3-10-19(21)25)17-8-6-7-16(13-17)26-22(28)14-30-20-11-4-2-9-18(20)24/h2-13H,14-15H2,1H3,(H,26,28). The van der Waals surface area contributed by atoms with E-state index in [-0.39, 0.29) is 25.0 Å². The molecule has 0 aliphatic heterocycles. The molecule has 0 spiro atoms. The summed E-state index contributed by atoms with van der Waals surface area (Å²) in [5.41, 5.74) is 1.12. The van der Waals surface area contributed by atoms with Gasteiger partial charge in [0.05, 0.1) is 10.0 Å². The lowest BCUT2D eigenvalue weighted by Crippen LogP contribution is -2.31. The highest BCUT2D eigenvalue weighted by molar-refractivity contribution is 6.32. The van der Waals surface area contributed by atoms with E-state index in [1.807, 2.05) is 0 Å². The molecule has 0 saturated heterocycles. The minimum atomic E-state index is -0.354. The fourth-order valence-corrected chi connectivity index (χ4v) is 3.02. The van der Waals surface area contributed by atoms with Crippen molar-refractivity contribution in [3.63, 3.8) is 0 Å². The molecule has 6 nitrogen and oxygen atoms in total. The molecular formula is C23H20Cl2N2O4. The van der Waals surface area contributed by atoms with Crippen molar-refractivity contribution >= 4 is 46.4 Å². The quantitative estimate of drug-likeness (QED) is 0.512. The number of nitrogens with zero attached hydrogens (tertiary/aromatic N) is 1. The van der Waals surface area contributed by atoms with Gasteiger partial charge < -0.3 is 19.7 Å². The number of carbonyl (C=O) groups is 2. The number of likely N-dealkylation sites (N-methyl/N-ethyl adjacent to an activating group) is 1. The van der Waals surface area contributed by atoms with Crippen LogP contribution in [-0.2, 0) is 9.59 Å². The van der Waals surface area contributed by atoms with E-state index in [0.717, 1.165) is 0 Å². The number of carbonyl (C=O) groups excluding carboxylic acids is 2. The molecule has 2 amide bonds. The number of ether oxygens (including phenoxy) is 2. The van der Waals surface area contributed by atoms with Gasteiger partial charge in [-0.05, 0) is 42.5 Å². The number of para-hydroxylation sites is 2. The van der Waals surface area contributed by atoms with Crippen molar-refractivity contribution in [2.24, 2.45) is 0 Å². The molecule has 0 aliphatic rings. The summed E-state index contributed by atoms with van der Waals surface area (Å²) in [6, 6.07) is 20.7. The van der Waals surface area contributed by atoms with Crippen molar-refractivity contribution in [2.75, 3.05) is 30.5 Å². The minimum Gasteiger partial charge on any atom is -0.482 e. The van der Waals surface area contributed by atoms with Crippen molar-refractivity contribution in [2.45, 2.75) is 0 Å². The van der Waals surface area contributed by atoms with Gasteiger partial charge in [0.15, 0.2) is 13.2 Å². The summed E-state index contributed by atoms with van der Waals surface area (Å²) in [7, 11) is 1.62. The van der Waals surface area contributed by atoms with Gasteiger partial charge in [-0.25, -0.2) is 0 Å². The number of anilines is 2. The van der Waals surface area contributed by atoms with Gasteiger partial charge in [-0.1, -0.05) is 53.5 Å². The smallest absolute Gasteiger partial charge is 0.264 e. The Morgan fingerprint density at radius 1 is 0.839 bits per heavy atom. The van der Waals surface area contributed by atoms with Crippen LogP contribution in [0, 0.1) is 0 Å². The third kappa shape index (κ3) is 6.38. The van der Waals surface area contributed by atoms with Gasteiger partial charge in [-0.3, -0.25) is 9.59 Å². The number of benzene rings is 3. The van der Waals surface area contributed by atoms with Gasteiger partial charge in [0.1, 0.15) is 11.5 Å². The molecule has 3 aromatic rings. The van der Waals surface area contributed by atoms with Crippen LogP contribution >= 0.6 is 23.2 Å². The van der Waals surface area contributed by atoms with Gasteiger partial charge in [-0.2, -0.15) is 0 Å². The molecule has 0 radical (unpaired) electrons. The maximum atomic E-state index is 12.5. The molecule has 8 heteroatoms. The number of hydrogen-bond acceptors (Lipinski definition) is 4. The topological polar surface area (TPSA) is 67.9 Å². The van der Waals surface area contributed by atoms with Crippen molar-refractivity contribution in [1.29, 1.82) is 0 Å². The number of rotatable bonds is 8. The van der Waals surface area contributed by atoms with Crippen LogP contribution in [0.1, 0.15) is 0 Å². The number of halogens is 2. The van der Waals surface area contributed by atoms with Crippen LogP contribution in [0.2, 0.25) is 10.0 Å². The fraction of sp³-hybridized carbons (Fsp3) is 0.130. The van der Waals surface area contributed by atoms with Gasteiger partial charge >= 0.3 is 0 Å². The Morgan fingerprint density at radius 2 is 1.42 bits per heavy atom. The zero-order chi connectivity index (χ0) is 22.2. The Bertz CT molecular complexity index is 1070. The van der Waals surface area contributed by atoms with Crippen LogP contribution in [0.25, 0.3) is 0 Å². The van der Waals surface area contributed by atoms with E-state index in [2.05, 4.69) is 5.32 Å². The van der Waals surface area contributed by atoms with Crippen LogP contribution in [-0.4, -0.2) is 32.1 Å². The Morgan fingerprint density at radius 3 is 2.03 bits per heavy atom. The Labute approximate surface area is 190 Å². The van der Waals surface area contributed by atoms with Crippen LogP contribution in [0.4, 0.5) is 11.4 Å². The Kier molecular flexibility index (Phi) is 7.76. The summed E-state index contributed by atoms with van der Waals surface area (Å²) < 4.78 is 10.9. The summed E-state index contributed by atoms with van der Waals surface area (Å²) in [5, 5.41) is 3.60. The van der Waals surface area contributed by atoms with E-state index in [0.29, 0.717) is 32.9 Å². The molecule has 0 bridgehead atoms. The molecule has 0 aromatic heterocycles. The third-order valence-corrected chi connectivity index (χ3v) is 4.90. The highest BCUT2D eigenvalue weighted by Crippen LogP contribution is 2.24. The SMILES string of the molecule is CN(C(=O)COc1ccccc1Cl)c1cccc(NC(=O)COc2ccccc2Cl)c1. The molecule has 0 fully saturated rings. The van der Waals surface area contributed by atoms with Crippen LogP contribution in [0.5, 0.6) is 11.5 Å². The van der Waals surface area contributed by atoms with Crippen molar-refractivity contribution in [3.8, 4) is 11.5 Å². The van der Waals surface area contributed by atoms with Gasteiger partial charge in [-0.15, -0.1) is 0 Å². The first-order valence-electron chi connectivity index (χ1n) is 9.35. The average molecular weight is 459 g/mol. The lowest BCUT2D eigenvalue weighted by Gasteiger charge is -2.19. The number of hydrogen-bond donors (Lipinski definition) is 1. The lowest BCUT2D eigenvalue weighted by molar-refractivity contribution is -0.120. The molecule has 31 heavy (non-hydrogen) atoms. The maximum Gasteiger partial charge on any atom is 0.264 e. The normalized spacial score (nSPS) is 10.3. The van der Waals surface area contributed by atoms with Crippen LogP contribution < -0.4 is 19.7 Å². The number of nitrogens with one attached hydrogen (secondary N) is 1. The summed E-state index contributed by atoms with van der Waals surface area (Å²) >= 11 is 12.1. The van der Waals surface area contributed by atoms with E-state index < -0.39 is 0 Å².